The Balaban J connectivity index is 2.51. The van der Waals surface area contributed by atoms with Gasteiger partial charge in [0.25, 0.3) is 11.7 Å². The minimum atomic E-state index is -0.683. The van der Waals surface area contributed by atoms with Gasteiger partial charge in [0, 0.05) is 13.1 Å². The molecule has 2 N–H and O–H groups in total. The van der Waals surface area contributed by atoms with Crippen LogP contribution in [0.5, 0.6) is 0 Å². The quantitative estimate of drug-likeness (QED) is 0.645. The van der Waals surface area contributed by atoms with Gasteiger partial charge in [0.05, 0.1) is 11.3 Å². The van der Waals surface area contributed by atoms with E-state index in [1.807, 2.05) is 0 Å². The first-order chi connectivity index (χ1) is 8.45. The Labute approximate surface area is 104 Å². The number of rotatable bonds is 3. The van der Waals surface area contributed by atoms with Crippen molar-refractivity contribution in [3.63, 3.8) is 0 Å². The number of amides is 1. The summed E-state index contributed by atoms with van der Waals surface area (Å²) in [5.41, 5.74) is 7.18. The van der Waals surface area contributed by atoms with E-state index in [9.17, 15) is 14.0 Å². The fraction of sp³-hybridized carbons (Fsp3) is 0.231. The summed E-state index contributed by atoms with van der Waals surface area (Å²) in [7, 11) is 0. The highest BCUT2D eigenvalue weighted by molar-refractivity contribution is 6.52. The maximum absolute atomic E-state index is 13.3. The van der Waals surface area contributed by atoms with Gasteiger partial charge in [-0.2, -0.15) is 0 Å². The highest BCUT2D eigenvalue weighted by Gasteiger charge is 2.37. The van der Waals surface area contributed by atoms with Crippen LogP contribution < -0.4 is 10.6 Å². The third-order valence-corrected chi connectivity index (χ3v) is 2.89. The number of ketones is 1. The van der Waals surface area contributed by atoms with Gasteiger partial charge >= 0.3 is 0 Å². The molecule has 0 bridgehead atoms. The highest BCUT2D eigenvalue weighted by Crippen LogP contribution is 2.33. The second-order valence-corrected chi connectivity index (χ2v) is 4.29. The van der Waals surface area contributed by atoms with Gasteiger partial charge in [0.2, 0.25) is 0 Å². The van der Waals surface area contributed by atoms with Crippen molar-refractivity contribution in [3.05, 3.63) is 41.2 Å². The van der Waals surface area contributed by atoms with Gasteiger partial charge < -0.3 is 10.6 Å². The van der Waals surface area contributed by atoms with Gasteiger partial charge in [-0.15, -0.1) is 0 Å². The van der Waals surface area contributed by atoms with Crippen LogP contribution in [0.1, 0.15) is 15.9 Å². The summed E-state index contributed by atoms with van der Waals surface area (Å²) < 4.78 is 13.3. The summed E-state index contributed by atoms with van der Waals surface area (Å²) in [5.74, 6) is -1.86. The minimum absolute atomic E-state index is 0.113. The zero-order valence-corrected chi connectivity index (χ0v) is 10.00. The number of hydrogen-bond acceptors (Lipinski definition) is 3. The third kappa shape index (κ3) is 1.82. The lowest BCUT2D eigenvalue weighted by atomic mass is 10.1. The number of benzene rings is 1. The molecule has 1 amide bonds. The van der Waals surface area contributed by atoms with Crippen LogP contribution in [0, 0.1) is 12.7 Å². The molecule has 0 spiro atoms. The maximum atomic E-state index is 13.3. The molecule has 0 saturated heterocycles. The number of hydrogen-bond donors (Lipinski definition) is 1. The standard InChI is InChI=1S/C13H13FN2O2/c1-7(5-15)6-16-11-8(2)3-9(14)4-10(11)12(17)13(16)18/h3-4H,1,5-6,15H2,2H3. The van der Waals surface area contributed by atoms with Crippen molar-refractivity contribution in [3.8, 4) is 0 Å². The molecular weight excluding hydrogens is 235 g/mol. The van der Waals surface area contributed by atoms with Crippen LogP contribution in [0.15, 0.2) is 24.3 Å². The van der Waals surface area contributed by atoms with Gasteiger partial charge in [-0.3, -0.25) is 9.59 Å². The van der Waals surface area contributed by atoms with Crippen LogP contribution in [-0.4, -0.2) is 24.8 Å². The van der Waals surface area contributed by atoms with E-state index in [-0.39, 0.29) is 18.7 Å². The maximum Gasteiger partial charge on any atom is 0.299 e. The van der Waals surface area contributed by atoms with Crippen LogP contribution in [0.25, 0.3) is 0 Å². The van der Waals surface area contributed by atoms with Crippen LogP contribution in [0.2, 0.25) is 0 Å². The number of carbonyl (C=O) groups excluding carboxylic acids is 2. The van der Waals surface area contributed by atoms with Gasteiger partial charge in [-0.1, -0.05) is 6.58 Å². The smallest absolute Gasteiger partial charge is 0.299 e. The van der Waals surface area contributed by atoms with E-state index in [1.54, 1.807) is 6.92 Å². The molecule has 0 saturated carbocycles. The number of Topliss-reactive ketones (excluding diaryl/α,β-unsaturated/α-hetero) is 1. The first-order valence-electron chi connectivity index (χ1n) is 5.48. The lowest BCUT2D eigenvalue weighted by Gasteiger charge is -2.19. The average molecular weight is 248 g/mol. The zero-order chi connectivity index (χ0) is 13.4. The topological polar surface area (TPSA) is 63.4 Å². The molecule has 4 nitrogen and oxygen atoms in total. The molecule has 2 rings (SSSR count). The first-order valence-corrected chi connectivity index (χ1v) is 5.48. The van der Waals surface area contributed by atoms with Crippen LogP contribution in [0.3, 0.4) is 0 Å². The Morgan fingerprint density at radius 1 is 1.44 bits per heavy atom. The number of aryl methyl sites for hydroxylation is 1. The Morgan fingerprint density at radius 2 is 2.11 bits per heavy atom. The summed E-state index contributed by atoms with van der Waals surface area (Å²) in [5, 5.41) is 0. The van der Waals surface area contributed by atoms with Gasteiger partial charge in [0.1, 0.15) is 5.82 Å². The monoisotopic (exact) mass is 248 g/mol. The van der Waals surface area contributed by atoms with Crippen molar-refractivity contribution < 1.29 is 14.0 Å². The summed E-state index contributed by atoms with van der Waals surface area (Å²) in [4.78, 5) is 24.9. The van der Waals surface area contributed by atoms with E-state index < -0.39 is 17.5 Å². The number of carbonyl (C=O) groups is 2. The SMILES string of the molecule is C=C(CN)CN1C(=O)C(=O)c2cc(F)cc(C)c21. The molecule has 1 heterocycles. The predicted octanol–water partition coefficient (Wildman–Crippen LogP) is 1.18. The van der Waals surface area contributed by atoms with E-state index in [2.05, 4.69) is 6.58 Å². The summed E-state index contributed by atoms with van der Waals surface area (Å²) in [6.07, 6.45) is 0. The number of anilines is 1. The molecule has 0 fully saturated rings. The van der Waals surface area contributed by atoms with E-state index in [1.165, 1.54) is 11.0 Å². The van der Waals surface area contributed by atoms with E-state index in [0.717, 1.165) is 6.07 Å². The Bertz CT molecular complexity index is 566. The minimum Gasteiger partial charge on any atom is -0.327 e. The number of nitrogens with zero attached hydrogens (tertiary/aromatic N) is 1. The Hall–Kier alpha value is -2.01. The largest absolute Gasteiger partial charge is 0.327 e. The molecule has 94 valence electrons. The summed E-state index contributed by atoms with van der Waals surface area (Å²) >= 11 is 0. The summed E-state index contributed by atoms with van der Waals surface area (Å²) in [6.45, 7) is 5.78. The third-order valence-electron chi connectivity index (χ3n) is 2.89. The van der Waals surface area contributed by atoms with Crippen molar-refractivity contribution in [2.24, 2.45) is 5.73 Å². The number of fused-ring (bicyclic) bond motifs is 1. The Kier molecular flexibility index (Phi) is 3.00. The van der Waals surface area contributed by atoms with E-state index in [0.29, 0.717) is 16.8 Å². The van der Waals surface area contributed by atoms with Gasteiger partial charge in [0.15, 0.2) is 0 Å². The van der Waals surface area contributed by atoms with E-state index >= 15 is 0 Å². The van der Waals surface area contributed by atoms with Crippen molar-refractivity contribution in [1.29, 1.82) is 0 Å². The molecule has 5 heteroatoms. The molecule has 18 heavy (non-hydrogen) atoms. The van der Waals surface area contributed by atoms with Crippen molar-refractivity contribution in [1.82, 2.24) is 0 Å². The highest BCUT2D eigenvalue weighted by atomic mass is 19.1. The zero-order valence-electron chi connectivity index (χ0n) is 10.00. The van der Waals surface area contributed by atoms with E-state index in [4.69, 9.17) is 5.73 Å². The molecule has 1 aliphatic rings. The Morgan fingerprint density at radius 3 is 2.72 bits per heavy atom. The van der Waals surface area contributed by atoms with Crippen molar-refractivity contribution in [2.45, 2.75) is 6.92 Å². The molecular formula is C13H13FN2O2. The van der Waals surface area contributed by atoms with Crippen LogP contribution >= 0.6 is 0 Å². The van der Waals surface area contributed by atoms with Crippen LogP contribution in [0.4, 0.5) is 10.1 Å². The molecule has 1 aromatic carbocycles. The number of halogens is 1. The predicted molar refractivity (Wildman–Crippen MR) is 66.0 cm³/mol. The fourth-order valence-electron chi connectivity index (χ4n) is 2.05. The molecule has 0 atom stereocenters. The molecule has 0 unspecified atom stereocenters. The molecule has 0 aromatic heterocycles. The summed E-state index contributed by atoms with van der Waals surface area (Å²) in [6, 6.07) is 2.39. The van der Waals surface area contributed by atoms with Gasteiger partial charge in [-0.25, -0.2) is 4.39 Å². The molecule has 1 aromatic rings. The normalized spacial score (nSPS) is 14.1. The second kappa shape index (κ2) is 4.34. The molecule has 0 radical (unpaired) electrons. The first kappa shape index (κ1) is 12.4. The average Bonchev–Trinajstić information content (AvgIpc) is 2.54. The van der Waals surface area contributed by atoms with Gasteiger partial charge in [-0.05, 0) is 30.2 Å². The lowest BCUT2D eigenvalue weighted by Crippen LogP contribution is -2.33. The lowest BCUT2D eigenvalue weighted by molar-refractivity contribution is -0.114. The van der Waals surface area contributed by atoms with Crippen LogP contribution in [-0.2, 0) is 4.79 Å². The van der Waals surface area contributed by atoms with Crippen molar-refractivity contribution in [2.75, 3.05) is 18.0 Å². The molecule has 0 aliphatic carbocycles. The second-order valence-electron chi connectivity index (χ2n) is 4.29. The van der Waals surface area contributed by atoms with Crippen molar-refractivity contribution >= 4 is 17.4 Å². The number of nitrogens with two attached hydrogens (primary N) is 1. The molecule has 1 aliphatic heterocycles. The fourth-order valence-corrected chi connectivity index (χ4v) is 2.05.